The second-order valence-electron chi connectivity index (χ2n) is 7.16. The van der Waals surface area contributed by atoms with E-state index in [1.807, 2.05) is 31.2 Å². The maximum absolute atomic E-state index is 12.3. The van der Waals surface area contributed by atoms with E-state index in [1.165, 1.54) is 6.26 Å². The molecule has 0 aliphatic heterocycles. The Bertz CT molecular complexity index is 975. The number of nitrogens with one attached hydrogen (secondary N) is 2. The van der Waals surface area contributed by atoms with Gasteiger partial charge in [0.15, 0.2) is 5.76 Å². The van der Waals surface area contributed by atoms with E-state index in [0.29, 0.717) is 23.9 Å². The largest absolute Gasteiger partial charge is 0.461 e. The van der Waals surface area contributed by atoms with Crippen molar-refractivity contribution >= 4 is 17.5 Å². The SMILES string of the molecule is CC(NC(=O)CCc1nc(-c2ccco2)no1)c1ccc(NC(=O)C2CC2)cc1. The number of aromatic nitrogens is 2. The zero-order chi connectivity index (χ0) is 20.2. The van der Waals surface area contributed by atoms with E-state index in [4.69, 9.17) is 8.94 Å². The predicted molar refractivity (Wildman–Crippen MR) is 105 cm³/mol. The van der Waals surface area contributed by atoms with Gasteiger partial charge in [0.1, 0.15) is 0 Å². The standard InChI is InChI=1S/C21H22N4O4/c1-13(14-6-8-16(9-7-14)23-21(27)15-4-5-15)22-18(26)10-11-19-24-20(25-29-19)17-3-2-12-28-17/h2-3,6-9,12-13,15H,4-5,10-11H2,1H3,(H,22,26)(H,23,27). The molecular formula is C21H22N4O4. The molecule has 8 nitrogen and oxygen atoms in total. The summed E-state index contributed by atoms with van der Waals surface area (Å²) in [5.41, 5.74) is 1.73. The molecule has 1 aromatic carbocycles. The summed E-state index contributed by atoms with van der Waals surface area (Å²) in [7, 11) is 0. The molecular weight excluding hydrogens is 372 g/mol. The van der Waals surface area contributed by atoms with E-state index in [2.05, 4.69) is 20.8 Å². The van der Waals surface area contributed by atoms with Crippen LogP contribution in [0.2, 0.25) is 0 Å². The number of carbonyl (C=O) groups is 2. The van der Waals surface area contributed by atoms with E-state index in [1.54, 1.807) is 12.1 Å². The highest BCUT2D eigenvalue weighted by Crippen LogP contribution is 2.30. The highest BCUT2D eigenvalue weighted by molar-refractivity contribution is 5.94. The van der Waals surface area contributed by atoms with E-state index < -0.39 is 0 Å². The van der Waals surface area contributed by atoms with Crippen LogP contribution in [0, 0.1) is 5.92 Å². The first-order valence-corrected chi connectivity index (χ1v) is 9.65. The first kappa shape index (κ1) is 18.9. The monoisotopic (exact) mass is 394 g/mol. The number of amides is 2. The molecule has 2 N–H and O–H groups in total. The Morgan fingerprint density at radius 2 is 2.00 bits per heavy atom. The van der Waals surface area contributed by atoms with Gasteiger partial charge in [-0.25, -0.2) is 0 Å². The molecule has 0 saturated heterocycles. The third-order valence-corrected chi connectivity index (χ3v) is 4.78. The fourth-order valence-electron chi connectivity index (χ4n) is 2.92. The molecule has 4 rings (SSSR count). The minimum absolute atomic E-state index is 0.0790. The van der Waals surface area contributed by atoms with Crippen molar-refractivity contribution in [2.45, 2.75) is 38.6 Å². The predicted octanol–water partition coefficient (Wildman–Crippen LogP) is 3.49. The quantitative estimate of drug-likeness (QED) is 0.605. The summed E-state index contributed by atoms with van der Waals surface area (Å²) in [4.78, 5) is 28.3. The second kappa shape index (κ2) is 8.30. The van der Waals surface area contributed by atoms with Gasteiger partial charge in [-0.05, 0) is 49.6 Å². The Kier molecular flexibility index (Phi) is 5.41. The highest BCUT2D eigenvalue weighted by Gasteiger charge is 2.29. The summed E-state index contributed by atoms with van der Waals surface area (Å²) in [5, 5.41) is 9.71. The number of hydrogen-bond acceptors (Lipinski definition) is 6. The molecule has 0 spiro atoms. The maximum atomic E-state index is 12.3. The summed E-state index contributed by atoms with van der Waals surface area (Å²) < 4.78 is 10.4. The van der Waals surface area contributed by atoms with Crippen LogP contribution in [0.15, 0.2) is 51.6 Å². The number of carbonyl (C=O) groups excluding carboxylic acids is 2. The lowest BCUT2D eigenvalue weighted by molar-refractivity contribution is -0.121. The average Bonchev–Trinajstić information content (AvgIpc) is 3.23. The molecule has 29 heavy (non-hydrogen) atoms. The lowest BCUT2D eigenvalue weighted by Gasteiger charge is -2.15. The van der Waals surface area contributed by atoms with Gasteiger partial charge in [-0.3, -0.25) is 9.59 Å². The van der Waals surface area contributed by atoms with Crippen molar-refractivity contribution in [1.82, 2.24) is 15.5 Å². The second-order valence-corrected chi connectivity index (χ2v) is 7.16. The lowest BCUT2D eigenvalue weighted by atomic mass is 10.1. The fraction of sp³-hybridized carbons (Fsp3) is 0.333. The number of anilines is 1. The highest BCUT2D eigenvalue weighted by atomic mass is 16.5. The Morgan fingerprint density at radius 3 is 2.69 bits per heavy atom. The van der Waals surface area contributed by atoms with Crippen molar-refractivity contribution in [3.8, 4) is 11.6 Å². The Labute approximate surface area is 167 Å². The number of benzene rings is 1. The van der Waals surface area contributed by atoms with Gasteiger partial charge in [-0.2, -0.15) is 4.98 Å². The molecule has 1 aliphatic rings. The Balaban J connectivity index is 1.25. The van der Waals surface area contributed by atoms with Crippen molar-refractivity contribution < 1.29 is 18.5 Å². The van der Waals surface area contributed by atoms with Gasteiger partial charge in [0, 0.05) is 24.4 Å². The summed E-state index contributed by atoms with van der Waals surface area (Å²) in [6.07, 6.45) is 4.06. The third kappa shape index (κ3) is 4.90. The van der Waals surface area contributed by atoms with Crippen molar-refractivity contribution in [2.24, 2.45) is 5.92 Å². The molecule has 2 amide bonds. The van der Waals surface area contributed by atoms with E-state index in [-0.39, 0.29) is 30.2 Å². The molecule has 1 fully saturated rings. The first-order chi connectivity index (χ1) is 14.1. The molecule has 3 aromatic rings. The molecule has 150 valence electrons. The summed E-state index contributed by atoms with van der Waals surface area (Å²) in [6.45, 7) is 1.91. The van der Waals surface area contributed by atoms with Gasteiger partial charge in [0.2, 0.25) is 23.5 Å². The maximum Gasteiger partial charge on any atom is 0.238 e. The molecule has 1 aliphatic carbocycles. The minimum Gasteiger partial charge on any atom is -0.461 e. The van der Waals surface area contributed by atoms with Crippen LogP contribution in [0.5, 0.6) is 0 Å². The zero-order valence-corrected chi connectivity index (χ0v) is 16.1. The fourth-order valence-corrected chi connectivity index (χ4v) is 2.92. The van der Waals surface area contributed by atoms with E-state index >= 15 is 0 Å². The molecule has 8 heteroatoms. The van der Waals surface area contributed by atoms with Crippen LogP contribution in [-0.4, -0.2) is 22.0 Å². The lowest BCUT2D eigenvalue weighted by Crippen LogP contribution is -2.26. The molecule has 0 radical (unpaired) electrons. The van der Waals surface area contributed by atoms with Gasteiger partial charge in [0.25, 0.3) is 0 Å². The van der Waals surface area contributed by atoms with Crippen LogP contribution in [0.25, 0.3) is 11.6 Å². The van der Waals surface area contributed by atoms with Crippen LogP contribution in [0.1, 0.15) is 43.7 Å². The number of furan rings is 1. The van der Waals surface area contributed by atoms with Crippen molar-refractivity contribution in [2.75, 3.05) is 5.32 Å². The molecule has 2 heterocycles. The third-order valence-electron chi connectivity index (χ3n) is 4.78. The van der Waals surface area contributed by atoms with Crippen molar-refractivity contribution in [1.29, 1.82) is 0 Å². The molecule has 0 bridgehead atoms. The Morgan fingerprint density at radius 1 is 1.21 bits per heavy atom. The number of aryl methyl sites for hydroxylation is 1. The van der Waals surface area contributed by atoms with Crippen LogP contribution in [-0.2, 0) is 16.0 Å². The van der Waals surface area contributed by atoms with Gasteiger partial charge in [-0.1, -0.05) is 17.3 Å². The topological polar surface area (TPSA) is 110 Å². The van der Waals surface area contributed by atoms with E-state index in [0.717, 1.165) is 24.1 Å². The van der Waals surface area contributed by atoms with Gasteiger partial charge in [-0.15, -0.1) is 0 Å². The normalized spacial score (nSPS) is 14.4. The van der Waals surface area contributed by atoms with Crippen LogP contribution in [0.3, 0.4) is 0 Å². The molecule has 2 aromatic heterocycles. The Hall–Kier alpha value is -3.42. The van der Waals surface area contributed by atoms with Gasteiger partial charge >= 0.3 is 0 Å². The minimum atomic E-state index is -0.156. The molecule has 1 saturated carbocycles. The summed E-state index contributed by atoms with van der Waals surface area (Å²) in [5.74, 6) is 1.41. The average molecular weight is 394 g/mol. The van der Waals surface area contributed by atoms with Gasteiger partial charge < -0.3 is 19.6 Å². The number of nitrogens with zero attached hydrogens (tertiary/aromatic N) is 2. The van der Waals surface area contributed by atoms with Crippen LogP contribution >= 0.6 is 0 Å². The smallest absolute Gasteiger partial charge is 0.238 e. The first-order valence-electron chi connectivity index (χ1n) is 9.65. The number of hydrogen-bond donors (Lipinski definition) is 2. The molecule has 1 atom stereocenters. The summed E-state index contributed by atoms with van der Waals surface area (Å²) >= 11 is 0. The van der Waals surface area contributed by atoms with Crippen LogP contribution in [0.4, 0.5) is 5.69 Å². The van der Waals surface area contributed by atoms with Gasteiger partial charge in [0.05, 0.1) is 12.3 Å². The van der Waals surface area contributed by atoms with Crippen molar-refractivity contribution in [3.63, 3.8) is 0 Å². The van der Waals surface area contributed by atoms with E-state index in [9.17, 15) is 9.59 Å². The molecule has 1 unspecified atom stereocenters. The van der Waals surface area contributed by atoms with Crippen LogP contribution < -0.4 is 10.6 Å². The zero-order valence-electron chi connectivity index (χ0n) is 16.1. The van der Waals surface area contributed by atoms with Crippen molar-refractivity contribution in [3.05, 3.63) is 54.1 Å². The summed E-state index contributed by atoms with van der Waals surface area (Å²) in [6, 6.07) is 10.8. The number of rotatable bonds is 8.